The number of hydrogen-bond acceptors (Lipinski definition) is 2. The number of rotatable bonds is 4. The molecule has 0 spiro atoms. The number of alkyl carbamates (subject to hydrolysis) is 1. The van der Waals surface area contributed by atoms with E-state index in [1.807, 2.05) is 36.4 Å². The van der Waals surface area contributed by atoms with Crippen LogP contribution in [0.5, 0.6) is 0 Å². The minimum atomic E-state index is -0.360. The van der Waals surface area contributed by atoms with Gasteiger partial charge in [-0.1, -0.05) is 43.7 Å². The van der Waals surface area contributed by atoms with Crippen LogP contribution >= 0.6 is 0 Å². The number of cyclic esters (lactones) is 1. The smallest absolute Gasteiger partial charge is 0.413 e. The molecule has 1 unspecified atom stereocenters. The standard InChI is InChI=1S/C14H17NO2/c1-2-3-5-10-12-13(15-14(16)17-12)11-8-6-4-7-9-11/h4,6-10,13H,2-3,5H2,1H3,(H,15,16)/b12-10-. The minimum absolute atomic E-state index is 0.124. The van der Waals surface area contributed by atoms with Gasteiger partial charge in [0, 0.05) is 0 Å². The Hall–Kier alpha value is -1.77. The third-order valence-corrected chi connectivity index (χ3v) is 2.79. The fourth-order valence-corrected chi connectivity index (χ4v) is 1.89. The number of carbonyl (C=O) groups excluding carboxylic acids is 1. The molecule has 1 fully saturated rings. The third-order valence-electron chi connectivity index (χ3n) is 2.79. The zero-order chi connectivity index (χ0) is 12.1. The van der Waals surface area contributed by atoms with Crippen molar-refractivity contribution in [3.8, 4) is 0 Å². The summed E-state index contributed by atoms with van der Waals surface area (Å²) in [6, 6.07) is 9.75. The van der Waals surface area contributed by atoms with Crippen LogP contribution in [0.15, 0.2) is 42.2 Å². The summed E-state index contributed by atoms with van der Waals surface area (Å²) in [6.07, 6.45) is 4.86. The Morgan fingerprint density at radius 2 is 2.12 bits per heavy atom. The van der Waals surface area contributed by atoms with E-state index in [4.69, 9.17) is 4.74 Å². The van der Waals surface area contributed by atoms with Crippen molar-refractivity contribution in [1.29, 1.82) is 0 Å². The van der Waals surface area contributed by atoms with E-state index in [2.05, 4.69) is 12.2 Å². The summed E-state index contributed by atoms with van der Waals surface area (Å²) < 4.78 is 5.19. The molecule has 1 saturated heterocycles. The van der Waals surface area contributed by atoms with E-state index in [-0.39, 0.29) is 12.1 Å². The molecule has 1 aromatic carbocycles. The molecule has 1 amide bonds. The topological polar surface area (TPSA) is 38.3 Å². The van der Waals surface area contributed by atoms with Gasteiger partial charge in [0.2, 0.25) is 0 Å². The van der Waals surface area contributed by atoms with Gasteiger partial charge >= 0.3 is 6.09 Å². The highest BCUT2D eigenvalue weighted by Crippen LogP contribution is 2.28. The Labute approximate surface area is 101 Å². The molecule has 2 rings (SSSR count). The highest BCUT2D eigenvalue weighted by atomic mass is 16.6. The maximum Gasteiger partial charge on any atom is 0.413 e. The molecule has 0 saturated carbocycles. The van der Waals surface area contributed by atoms with Crippen LogP contribution in [-0.4, -0.2) is 6.09 Å². The summed E-state index contributed by atoms with van der Waals surface area (Å²) in [6.45, 7) is 2.14. The molecule has 1 N–H and O–H groups in total. The molecule has 90 valence electrons. The van der Waals surface area contributed by atoms with E-state index in [1.54, 1.807) is 0 Å². The Kier molecular flexibility index (Phi) is 3.81. The minimum Gasteiger partial charge on any atom is -0.413 e. The van der Waals surface area contributed by atoms with Crippen LogP contribution in [0.2, 0.25) is 0 Å². The van der Waals surface area contributed by atoms with Gasteiger partial charge in [0.05, 0.1) is 0 Å². The fraction of sp³-hybridized carbons (Fsp3) is 0.357. The SMILES string of the molecule is CCCC/C=C1\OC(=O)NC1c1ccccc1. The maximum atomic E-state index is 11.3. The van der Waals surface area contributed by atoms with Crippen molar-refractivity contribution in [2.75, 3.05) is 0 Å². The molecular formula is C14H17NO2. The number of benzene rings is 1. The maximum absolute atomic E-state index is 11.3. The number of nitrogens with one attached hydrogen (secondary N) is 1. The number of hydrogen-bond donors (Lipinski definition) is 1. The van der Waals surface area contributed by atoms with E-state index in [0.717, 1.165) is 30.6 Å². The van der Waals surface area contributed by atoms with Crippen LogP contribution in [0.4, 0.5) is 4.79 Å². The first-order valence-corrected chi connectivity index (χ1v) is 6.04. The Morgan fingerprint density at radius 1 is 1.35 bits per heavy atom. The van der Waals surface area contributed by atoms with Crippen LogP contribution < -0.4 is 5.32 Å². The lowest BCUT2D eigenvalue weighted by Gasteiger charge is -2.09. The molecule has 1 aromatic rings. The van der Waals surface area contributed by atoms with Gasteiger partial charge in [-0.05, 0) is 24.5 Å². The number of unbranched alkanes of at least 4 members (excludes halogenated alkanes) is 2. The normalized spacial score (nSPS) is 21.4. The first kappa shape index (κ1) is 11.7. The number of ether oxygens (including phenoxy) is 1. The van der Waals surface area contributed by atoms with Crippen LogP contribution in [-0.2, 0) is 4.74 Å². The first-order chi connectivity index (χ1) is 8.31. The van der Waals surface area contributed by atoms with Gasteiger partial charge in [-0.15, -0.1) is 0 Å². The lowest BCUT2D eigenvalue weighted by Crippen LogP contribution is -2.17. The summed E-state index contributed by atoms with van der Waals surface area (Å²) in [5.41, 5.74) is 1.06. The highest BCUT2D eigenvalue weighted by molar-refractivity contribution is 5.73. The molecule has 0 bridgehead atoms. The van der Waals surface area contributed by atoms with E-state index in [9.17, 15) is 4.79 Å². The second kappa shape index (κ2) is 5.53. The molecule has 0 radical (unpaired) electrons. The van der Waals surface area contributed by atoms with Crippen molar-refractivity contribution in [3.05, 3.63) is 47.7 Å². The molecule has 1 atom stereocenters. The Morgan fingerprint density at radius 3 is 2.82 bits per heavy atom. The van der Waals surface area contributed by atoms with Crippen LogP contribution in [0, 0.1) is 0 Å². The van der Waals surface area contributed by atoms with Crippen molar-refractivity contribution in [2.45, 2.75) is 32.2 Å². The number of amides is 1. The van der Waals surface area contributed by atoms with Gasteiger partial charge in [0.1, 0.15) is 11.8 Å². The van der Waals surface area contributed by atoms with Crippen LogP contribution in [0.1, 0.15) is 37.8 Å². The molecule has 1 aliphatic heterocycles. The average molecular weight is 231 g/mol. The van der Waals surface area contributed by atoms with Gasteiger partial charge in [-0.3, -0.25) is 0 Å². The summed E-state index contributed by atoms with van der Waals surface area (Å²) in [5, 5.41) is 2.82. The van der Waals surface area contributed by atoms with Crippen molar-refractivity contribution < 1.29 is 9.53 Å². The van der Waals surface area contributed by atoms with Gasteiger partial charge in [0.25, 0.3) is 0 Å². The molecule has 3 nitrogen and oxygen atoms in total. The fourth-order valence-electron chi connectivity index (χ4n) is 1.89. The Bertz CT molecular complexity index is 411. The van der Waals surface area contributed by atoms with E-state index in [1.165, 1.54) is 0 Å². The van der Waals surface area contributed by atoms with E-state index in [0.29, 0.717) is 0 Å². The monoisotopic (exact) mass is 231 g/mol. The quantitative estimate of drug-likeness (QED) is 0.805. The predicted molar refractivity (Wildman–Crippen MR) is 66.4 cm³/mol. The van der Waals surface area contributed by atoms with Crippen molar-refractivity contribution in [1.82, 2.24) is 5.32 Å². The van der Waals surface area contributed by atoms with E-state index >= 15 is 0 Å². The zero-order valence-electron chi connectivity index (χ0n) is 9.98. The van der Waals surface area contributed by atoms with Crippen molar-refractivity contribution in [2.24, 2.45) is 0 Å². The second-order valence-electron chi connectivity index (χ2n) is 4.13. The third kappa shape index (κ3) is 2.87. The highest BCUT2D eigenvalue weighted by Gasteiger charge is 2.29. The van der Waals surface area contributed by atoms with Gasteiger partial charge in [0.15, 0.2) is 0 Å². The number of allylic oxidation sites excluding steroid dienone is 1. The summed E-state index contributed by atoms with van der Waals surface area (Å²) in [7, 11) is 0. The van der Waals surface area contributed by atoms with Crippen LogP contribution in [0.3, 0.4) is 0 Å². The largest absolute Gasteiger partial charge is 0.413 e. The molecular weight excluding hydrogens is 214 g/mol. The molecule has 3 heteroatoms. The lowest BCUT2D eigenvalue weighted by atomic mass is 10.0. The molecule has 1 aliphatic rings. The van der Waals surface area contributed by atoms with Gasteiger partial charge in [-0.25, -0.2) is 4.79 Å². The van der Waals surface area contributed by atoms with Crippen LogP contribution in [0.25, 0.3) is 0 Å². The van der Waals surface area contributed by atoms with E-state index < -0.39 is 0 Å². The Balaban J connectivity index is 2.14. The molecule has 1 heterocycles. The molecule has 17 heavy (non-hydrogen) atoms. The second-order valence-corrected chi connectivity index (χ2v) is 4.13. The number of carbonyl (C=O) groups is 1. The zero-order valence-corrected chi connectivity index (χ0v) is 9.98. The summed E-state index contributed by atoms with van der Waals surface area (Å²) in [4.78, 5) is 11.3. The summed E-state index contributed by atoms with van der Waals surface area (Å²) >= 11 is 0. The van der Waals surface area contributed by atoms with Gasteiger partial charge < -0.3 is 10.1 Å². The average Bonchev–Trinajstić information content (AvgIpc) is 2.72. The van der Waals surface area contributed by atoms with Crippen molar-refractivity contribution in [3.63, 3.8) is 0 Å². The van der Waals surface area contributed by atoms with Crippen molar-refractivity contribution >= 4 is 6.09 Å². The first-order valence-electron chi connectivity index (χ1n) is 6.04. The lowest BCUT2D eigenvalue weighted by molar-refractivity contribution is 0.195. The molecule has 0 aromatic heterocycles. The summed E-state index contributed by atoms with van der Waals surface area (Å²) in [5.74, 6) is 0.731. The predicted octanol–water partition coefficient (Wildman–Crippen LogP) is 3.54. The molecule has 0 aliphatic carbocycles. The van der Waals surface area contributed by atoms with Gasteiger partial charge in [-0.2, -0.15) is 0 Å².